The second-order valence-electron chi connectivity index (χ2n) is 6.05. The Morgan fingerprint density at radius 3 is 2.55 bits per heavy atom. The van der Waals surface area contributed by atoms with Gasteiger partial charge in [-0.1, -0.05) is 6.92 Å². The van der Waals surface area contributed by atoms with Gasteiger partial charge in [0.15, 0.2) is 0 Å². The van der Waals surface area contributed by atoms with Crippen LogP contribution in [-0.2, 0) is 9.59 Å². The van der Waals surface area contributed by atoms with Crippen LogP contribution in [0.3, 0.4) is 0 Å². The molecule has 0 spiro atoms. The molecule has 0 radical (unpaired) electrons. The Bertz CT molecular complexity index is 351. The van der Waals surface area contributed by atoms with E-state index >= 15 is 0 Å². The van der Waals surface area contributed by atoms with Gasteiger partial charge in [0.1, 0.15) is 0 Å². The highest BCUT2D eigenvalue weighted by Gasteiger charge is 2.33. The van der Waals surface area contributed by atoms with Crippen molar-refractivity contribution in [2.75, 3.05) is 26.2 Å². The summed E-state index contributed by atoms with van der Waals surface area (Å²) in [5, 5.41) is 6.22. The number of carbonyl (C=O) groups is 2. The van der Waals surface area contributed by atoms with Crippen molar-refractivity contribution in [3.8, 4) is 0 Å². The van der Waals surface area contributed by atoms with Crippen molar-refractivity contribution in [2.24, 2.45) is 11.8 Å². The predicted octanol–water partition coefficient (Wildman–Crippen LogP) is 0.749. The Labute approximate surface area is 121 Å². The molecule has 0 aromatic carbocycles. The van der Waals surface area contributed by atoms with E-state index < -0.39 is 0 Å². The molecule has 2 saturated heterocycles. The average Bonchev–Trinajstić information content (AvgIpc) is 2.47. The van der Waals surface area contributed by atoms with E-state index in [9.17, 15) is 9.59 Å². The fraction of sp³-hybridized carbons (Fsp3) is 0.867. The van der Waals surface area contributed by atoms with E-state index in [-0.39, 0.29) is 23.8 Å². The van der Waals surface area contributed by atoms with Crippen LogP contribution in [0.2, 0.25) is 0 Å². The third kappa shape index (κ3) is 3.51. The lowest BCUT2D eigenvalue weighted by atomic mass is 9.90. The van der Waals surface area contributed by atoms with Crippen LogP contribution in [0.4, 0.5) is 0 Å². The Morgan fingerprint density at radius 1 is 1.25 bits per heavy atom. The highest BCUT2D eigenvalue weighted by atomic mass is 16.2. The fourth-order valence-corrected chi connectivity index (χ4v) is 3.26. The molecule has 2 unspecified atom stereocenters. The van der Waals surface area contributed by atoms with Crippen LogP contribution in [0, 0.1) is 11.8 Å². The highest BCUT2D eigenvalue weighted by molar-refractivity contribution is 5.83. The van der Waals surface area contributed by atoms with Gasteiger partial charge < -0.3 is 15.5 Å². The summed E-state index contributed by atoms with van der Waals surface area (Å²) < 4.78 is 0. The van der Waals surface area contributed by atoms with E-state index in [0.29, 0.717) is 25.6 Å². The summed E-state index contributed by atoms with van der Waals surface area (Å²) in [6.45, 7) is 7.14. The van der Waals surface area contributed by atoms with Gasteiger partial charge in [-0.25, -0.2) is 0 Å². The molecule has 5 heteroatoms. The quantitative estimate of drug-likeness (QED) is 0.802. The number of hydrogen-bond donors (Lipinski definition) is 2. The molecule has 0 saturated carbocycles. The van der Waals surface area contributed by atoms with Crippen molar-refractivity contribution in [2.45, 2.75) is 45.6 Å². The summed E-state index contributed by atoms with van der Waals surface area (Å²) in [6.07, 6.45) is 3.86. The maximum absolute atomic E-state index is 12.5. The van der Waals surface area contributed by atoms with Gasteiger partial charge in [-0.05, 0) is 45.1 Å². The summed E-state index contributed by atoms with van der Waals surface area (Å²) in [5.41, 5.74) is 0. The van der Waals surface area contributed by atoms with Gasteiger partial charge in [-0.2, -0.15) is 0 Å². The second kappa shape index (κ2) is 7.07. The number of nitrogens with zero attached hydrogens (tertiary/aromatic N) is 1. The third-order valence-electron chi connectivity index (χ3n) is 4.56. The van der Waals surface area contributed by atoms with Crippen molar-refractivity contribution < 1.29 is 9.59 Å². The molecule has 2 fully saturated rings. The van der Waals surface area contributed by atoms with Crippen molar-refractivity contribution in [3.63, 3.8) is 0 Å². The van der Waals surface area contributed by atoms with Crippen LogP contribution in [0.25, 0.3) is 0 Å². The first-order valence-electron chi connectivity index (χ1n) is 7.93. The molecule has 2 aliphatic rings. The first-order chi connectivity index (χ1) is 9.63. The number of carbonyl (C=O) groups excluding carboxylic acids is 2. The second-order valence-corrected chi connectivity index (χ2v) is 6.05. The van der Waals surface area contributed by atoms with Gasteiger partial charge in [0.2, 0.25) is 11.8 Å². The molecular weight excluding hydrogens is 254 g/mol. The van der Waals surface area contributed by atoms with Crippen LogP contribution >= 0.6 is 0 Å². The zero-order valence-corrected chi connectivity index (χ0v) is 12.7. The lowest BCUT2D eigenvalue weighted by Crippen LogP contribution is -2.54. The van der Waals surface area contributed by atoms with Gasteiger partial charge >= 0.3 is 0 Å². The van der Waals surface area contributed by atoms with Crippen molar-refractivity contribution in [1.82, 2.24) is 15.5 Å². The van der Waals surface area contributed by atoms with Crippen LogP contribution in [0.1, 0.15) is 39.5 Å². The van der Waals surface area contributed by atoms with Crippen molar-refractivity contribution >= 4 is 11.8 Å². The molecule has 0 aromatic rings. The smallest absolute Gasteiger partial charge is 0.239 e. The number of hydrogen-bond acceptors (Lipinski definition) is 3. The first-order valence-corrected chi connectivity index (χ1v) is 7.93. The average molecular weight is 281 g/mol. The molecule has 0 aromatic heterocycles. The Morgan fingerprint density at radius 2 is 1.95 bits per heavy atom. The molecule has 2 N–H and O–H groups in total. The molecule has 0 bridgehead atoms. The molecule has 2 atom stereocenters. The molecule has 2 aliphatic heterocycles. The zero-order valence-electron chi connectivity index (χ0n) is 12.7. The Balaban J connectivity index is 1.83. The number of likely N-dealkylation sites (tertiary alicyclic amines) is 1. The molecule has 2 amide bonds. The Hall–Kier alpha value is -1.10. The molecule has 5 nitrogen and oxygen atoms in total. The summed E-state index contributed by atoms with van der Waals surface area (Å²) in [6, 6.07) is -0.0234. The van der Waals surface area contributed by atoms with Gasteiger partial charge in [0.05, 0.1) is 6.04 Å². The fourth-order valence-electron chi connectivity index (χ4n) is 3.26. The van der Waals surface area contributed by atoms with E-state index in [4.69, 9.17) is 0 Å². The normalized spacial score (nSPS) is 28.2. The maximum Gasteiger partial charge on any atom is 0.239 e. The van der Waals surface area contributed by atoms with Crippen molar-refractivity contribution in [3.05, 3.63) is 0 Å². The minimum Gasteiger partial charge on any atom is -0.356 e. The summed E-state index contributed by atoms with van der Waals surface area (Å²) in [4.78, 5) is 26.3. The van der Waals surface area contributed by atoms with Crippen molar-refractivity contribution in [1.29, 1.82) is 0 Å². The third-order valence-corrected chi connectivity index (χ3v) is 4.56. The lowest BCUT2D eigenvalue weighted by Gasteiger charge is -2.37. The van der Waals surface area contributed by atoms with Gasteiger partial charge in [0.25, 0.3) is 0 Å². The zero-order chi connectivity index (χ0) is 14.5. The first kappa shape index (κ1) is 15.3. The van der Waals surface area contributed by atoms with Gasteiger partial charge in [0, 0.05) is 25.6 Å². The van der Waals surface area contributed by atoms with E-state index in [1.54, 1.807) is 0 Å². The monoisotopic (exact) mass is 281 g/mol. The standard InChI is InChI=1S/C15H27N3O2/c1-3-16-14(19)12-6-9-18(10-7-12)15(20)13-11(2)5-4-8-17-13/h11-13,17H,3-10H2,1-2H3,(H,16,19). The van der Waals surface area contributed by atoms with Gasteiger partial charge in [-0.3, -0.25) is 9.59 Å². The summed E-state index contributed by atoms with van der Waals surface area (Å²) in [5.74, 6) is 0.864. The van der Waals surface area contributed by atoms with E-state index in [1.807, 2.05) is 11.8 Å². The molecule has 0 aliphatic carbocycles. The SMILES string of the molecule is CCNC(=O)C1CCN(C(=O)C2NCCCC2C)CC1. The minimum absolute atomic E-state index is 0.0234. The molecule has 20 heavy (non-hydrogen) atoms. The topological polar surface area (TPSA) is 61.4 Å². The van der Waals surface area contributed by atoms with E-state index in [0.717, 1.165) is 32.2 Å². The van der Waals surface area contributed by atoms with Crippen LogP contribution in [0.15, 0.2) is 0 Å². The molecule has 114 valence electrons. The van der Waals surface area contributed by atoms with E-state index in [2.05, 4.69) is 17.6 Å². The number of amides is 2. The predicted molar refractivity (Wildman–Crippen MR) is 78.2 cm³/mol. The summed E-state index contributed by atoms with van der Waals surface area (Å²) in [7, 11) is 0. The maximum atomic E-state index is 12.5. The molecule has 2 rings (SSSR count). The minimum atomic E-state index is -0.0234. The number of piperidine rings is 2. The van der Waals surface area contributed by atoms with Gasteiger partial charge in [-0.15, -0.1) is 0 Å². The number of rotatable bonds is 3. The molecular formula is C15H27N3O2. The van der Waals surface area contributed by atoms with Crippen LogP contribution in [-0.4, -0.2) is 48.9 Å². The summed E-state index contributed by atoms with van der Waals surface area (Å²) >= 11 is 0. The lowest BCUT2D eigenvalue weighted by molar-refractivity contribution is -0.138. The Kier molecular flexibility index (Phi) is 5.40. The molecule has 2 heterocycles. The van der Waals surface area contributed by atoms with E-state index in [1.165, 1.54) is 0 Å². The highest BCUT2D eigenvalue weighted by Crippen LogP contribution is 2.22. The van der Waals surface area contributed by atoms with Crippen LogP contribution < -0.4 is 10.6 Å². The van der Waals surface area contributed by atoms with Crippen LogP contribution in [0.5, 0.6) is 0 Å². The number of nitrogens with one attached hydrogen (secondary N) is 2. The largest absolute Gasteiger partial charge is 0.356 e.